The van der Waals surface area contributed by atoms with Crippen molar-refractivity contribution in [2.24, 2.45) is 0 Å². The van der Waals surface area contributed by atoms with Crippen molar-refractivity contribution in [2.45, 2.75) is 75.2 Å². The monoisotopic (exact) mass is 402 g/mol. The molecule has 2 aliphatic carbocycles. The van der Waals surface area contributed by atoms with E-state index in [4.69, 9.17) is 0 Å². The zero-order valence-corrected chi connectivity index (χ0v) is 17.9. The summed E-state index contributed by atoms with van der Waals surface area (Å²) in [6.45, 7) is 1.90. The highest BCUT2D eigenvalue weighted by Crippen LogP contribution is 2.39. The highest BCUT2D eigenvalue weighted by molar-refractivity contribution is 5.85. The molecule has 3 atom stereocenters. The van der Waals surface area contributed by atoms with E-state index in [1.165, 1.54) is 54.4 Å². The van der Waals surface area contributed by atoms with E-state index in [2.05, 4.69) is 59.2 Å². The Kier molecular flexibility index (Phi) is 5.90. The lowest BCUT2D eigenvalue weighted by molar-refractivity contribution is -0.123. The standard InChI is InChI=1S/C27H34N2O/c30-27(29-26-15-16-28-18-25(26)20-9-5-2-6-10-20)24-14-12-22-17-21(11-13-23(22)24)19-7-3-1-4-8-19/h2,5-6,9-11,13,17,19,24-26,28H,1,3-4,7-8,12,14-16,18H2,(H,29,30). The Morgan fingerprint density at radius 2 is 1.73 bits per heavy atom. The van der Waals surface area contributed by atoms with E-state index < -0.39 is 0 Å². The molecular formula is C27H34N2O. The predicted octanol–water partition coefficient (Wildman–Crippen LogP) is 5.03. The molecule has 3 nitrogen and oxygen atoms in total. The molecule has 2 N–H and O–H groups in total. The van der Waals surface area contributed by atoms with Crippen LogP contribution in [0.15, 0.2) is 48.5 Å². The molecule has 2 aromatic carbocycles. The van der Waals surface area contributed by atoms with Gasteiger partial charge in [0.25, 0.3) is 0 Å². The average Bonchev–Trinajstić information content (AvgIpc) is 3.24. The quantitative estimate of drug-likeness (QED) is 0.753. The Hall–Kier alpha value is -2.13. The number of piperidine rings is 1. The lowest BCUT2D eigenvalue weighted by atomic mass is 9.83. The number of carbonyl (C=O) groups is 1. The van der Waals surface area contributed by atoms with Gasteiger partial charge in [0.05, 0.1) is 5.92 Å². The third kappa shape index (κ3) is 4.05. The summed E-state index contributed by atoms with van der Waals surface area (Å²) in [5, 5.41) is 6.96. The Labute approximate surface area is 180 Å². The predicted molar refractivity (Wildman–Crippen MR) is 122 cm³/mol. The van der Waals surface area contributed by atoms with Crippen LogP contribution in [-0.2, 0) is 11.2 Å². The van der Waals surface area contributed by atoms with Gasteiger partial charge in [0.1, 0.15) is 0 Å². The fraction of sp³-hybridized carbons (Fsp3) is 0.519. The first-order valence-corrected chi connectivity index (χ1v) is 12.0. The summed E-state index contributed by atoms with van der Waals surface area (Å²) in [5.74, 6) is 1.33. The first-order valence-electron chi connectivity index (χ1n) is 12.0. The molecule has 1 saturated heterocycles. The molecule has 2 fully saturated rings. The van der Waals surface area contributed by atoms with E-state index in [9.17, 15) is 4.79 Å². The largest absolute Gasteiger partial charge is 0.352 e. The van der Waals surface area contributed by atoms with Crippen LogP contribution in [0.5, 0.6) is 0 Å². The van der Waals surface area contributed by atoms with Crippen molar-refractivity contribution in [1.29, 1.82) is 0 Å². The SMILES string of the molecule is O=C(NC1CCNCC1c1ccccc1)C1CCc2cc(C3CCCCC3)ccc21. The Bertz CT molecular complexity index is 872. The van der Waals surface area contributed by atoms with Crippen LogP contribution in [0.1, 0.15) is 85.0 Å². The summed E-state index contributed by atoms with van der Waals surface area (Å²) < 4.78 is 0. The Balaban J connectivity index is 1.29. The van der Waals surface area contributed by atoms with Gasteiger partial charge in [0, 0.05) is 18.5 Å². The average molecular weight is 403 g/mol. The van der Waals surface area contributed by atoms with E-state index >= 15 is 0 Å². The zero-order chi connectivity index (χ0) is 20.3. The van der Waals surface area contributed by atoms with Gasteiger partial charge in [0.2, 0.25) is 5.91 Å². The summed E-state index contributed by atoms with van der Waals surface area (Å²) in [6.07, 6.45) is 9.78. The van der Waals surface area contributed by atoms with Gasteiger partial charge in [0.15, 0.2) is 0 Å². The van der Waals surface area contributed by atoms with Crippen molar-refractivity contribution in [1.82, 2.24) is 10.6 Å². The van der Waals surface area contributed by atoms with Gasteiger partial charge in [-0.2, -0.15) is 0 Å². The van der Waals surface area contributed by atoms with Gasteiger partial charge in [-0.15, -0.1) is 0 Å². The summed E-state index contributed by atoms with van der Waals surface area (Å²) >= 11 is 0. The van der Waals surface area contributed by atoms with Crippen molar-refractivity contribution in [2.75, 3.05) is 13.1 Å². The topological polar surface area (TPSA) is 41.1 Å². The molecule has 3 unspecified atom stereocenters. The van der Waals surface area contributed by atoms with Crippen LogP contribution in [0.2, 0.25) is 0 Å². The van der Waals surface area contributed by atoms with Crippen molar-refractivity contribution in [3.8, 4) is 0 Å². The molecular weight excluding hydrogens is 368 g/mol. The van der Waals surface area contributed by atoms with Gasteiger partial charge in [-0.3, -0.25) is 4.79 Å². The van der Waals surface area contributed by atoms with Gasteiger partial charge in [-0.25, -0.2) is 0 Å². The van der Waals surface area contributed by atoms with Crippen LogP contribution >= 0.6 is 0 Å². The number of rotatable bonds is 4. The van der Waals surface area contributed by atoms with Crippen LogP contribution in [0.3, 0.4) is 0 Å². The summed E-state index contributed by atoms with van der Waals surface area (Å²) in [7, 11) is 0. The number of amides is 1. The minimum Gasteiger partial charge on any atom is -0.352 e. The number of benzene rings is 2. The number of carbonyl (C=O) groups excluding carboxylic acids is 1. The first-order chi connectivity index (χ1) is 14.8. The molecule has 1 heterocycles. The smallest absolute Gasteiger partial charge is 0.227 e. The Morgan fingerprint density at radius 1 is 0.900 bits per heavy atom. The maximum Gasteiger partial charge on any atom is 0.227 e. The van der Waals surface area contributed by atoms with Crippen LogP contribution in [0.25, 0.3) is 0 Å². The summed E-state index contributed by atoms with van der Waals surface area (Å²) in [6, 6.07) is 17.9. The minimum atomic E-state index is 0.0201. The fourth-order valence-electron chi connectivity index (χ4n) is 5.96. The van der Waals surface area contributed by atoms with Crippen LogP contribution in [0, 0.1) is 0 Å². The van der Waals surface area contributed by atoms with Gasteiger partial charge < -0.3 is 10.6 Å². The van der Waals surface area contributed by atoms with E-state index in [0.29, 0.717) is 5.92 Å². The molecule has 1 saturated carbocycles. The molecule has 0 spiro atoms. The third-order valence-corrected chi connectivity index (χ3v) is 7.68. The molecule has 0 bridgehead atoms. The molecule has 3 heteroatoms. The van der Waals surface area contributed by atoms with E-state index in [1.54, 1.807) is 0 Å². The number of hydrogen-bond acceptors (Lipinski definition) is 2. The lowest BCUT2D eigenvalue weighted by Crippen LogP contribution is -2.49. The molecule has 3 aliphatic rings. The molecule has 5 rings (SSSR count). The number of fused-ring (bicyclic) bond motifs is 1. The van der Waals surface area contributed by atoms with Gasteiger partial charge >= 0.3 is 0 Å². The maximum atomic E-state index is 13.3. The summed E-state index contributed by atoms with van der Waals surface area (Å²) in [4.78, 5) is 13.3. The first kappa shape index (κ1) is 19.8. The van der Waals surface area contributed by atoms with Crippen LogP contribution in [0.4, 0.5) is 0 Å². The summed E-state index contributed by atoms with van der Waals surface area (Å²) in [5.41, 5.74) is 5.52. The second-order valence-electron chi connectivity index (χ2n) is 9.51. The lowest BCUT2D eigenvalue weighted by Gasteiger charge is -2.34. The molecule has 158 valence electrons. The Morgan fingerprint density at radius 3 is 2.57 bits per heavy atom. The normalized spacial score (nSPS) is 26.9. The van der Waals surface area contributed by atoms with Crippen molar-refractivity contribution < 1.29 is 4.79 Å². The fourth-order valence-corrected chi connectivity index (χ4v) is 5.96. The third-order valence-electron chi connectivity index (χ3n) is 7.68. The molecule has 1 aliphatic heterocycles. The molecule has 0 radical (unpaired) electrons. The highest BCUT2D eigenvalue weighted by Gasteiger charge is 2.33. The van der Waals surface area contributed by atoms with Crippen molar-refractivity contribution >= 4 is 5.91 Å². The molecule has 1 amide bonds. The highest BCUT2D eigenvalue weighted by atomic mass is 16.2. The van der Waals surface area contributed by atoms with Crippen LogP contribution < -0.4 is 10.6 Å². The zero-order valence-electron chi connectivity index (χ0n) is 17.9. The van der Waals surface area contributed by atoms with Crippen molar-refractivity contribution in [3.63, 3.8) is 0 Å². The van der Waals surface area contributed by atoms with Crippen LogP contribution in [-0.4, -0.2) is 25.0 Å². The van der Waals surface area contributed by atoms with Gasteiger partial charge in [-0.1, -0.05) is 67.8 Å². The molecule has 30 heavy (non-hydrogen) atoms. The number of nitrogens with one attached hydrogen (secondary N) is 2. The van der Waals surface area contributed by atoms with E-state index in [-0.39, 0.29) is 17.9 Å². The van der Waals surface area contributed by atoms with Crippen molar-refractivity contribution in [3.05, 3.63) is 70.8 Å². The van der Waals surface area contributed by atoms with E-state index in [0.717, 1.165) is 38.3 Å². The van der Waals surface area contributed by atoms with E-state index in [1.807, 2.05) is 0 Å². The van der Waals surface area contributed by atoms with Gasteiger partial charge in [-0.05, 0) is 66.8 Å². The molecule has 2 aromatic rings. The minimum absolute atomic E-state index is 0.0201. The number of hydrogen-bond donors (Lipinski definition) is 2. The molecule has 0 aromatic heterocycles. The second kappa shape index (κ2) is 8.93. The second-order valence-corrected chi connectivity index (χ2v) is 9.51. The maximum absolute atomic E-state index is 13.3. The number of aryl methyl sites for hydroxylation is 1.